The summed E-state index contributed by atoms with van der Waals surface area (Å²) in [4.78, 5) is 31.6. The van der Waals surface area contributed by atoms with Gasteiger partial charge in [-0.15, -0.1) is 0 Å². The molecule has 0 bridgehead atoms. The van der Waals surface area contributed by atoms with Crippen molar-refractivity contribution < 1.29 is 4.79 Å². The van der Waals surface area contributed by atoms with Crippen LogP contribution in [0.4, 0.5) is 0 Å². The highest BCUT2D eigenvalue weighted by Gasteiger charge is 2.28. The molecule has 0 unspecified atom stereocenters. The Morgan fingerprint density at radius 1 is 1.26 bits per heavy atom. The Hall–Kier alpha value is -2.96. The predicted octanol–water partition coefficient (Wildman–Crippen LogP) is 2.94. The molecule has 0 saturated carbocycles. The second-order valence-electron chi connectivity index (χ2n) is 7.29. The van der Waals surface area contributed by atoms with Crippen LogP contribution < -0.4 is 0 Å². The minimum absolute atomic E-state index is 0.109. The van der Waals surface area contributed by atoms with Gasteiger partial charge in [-0.3, -0.25) is 9.78 Å². The smallest absolute Gasteiger partial charge is 0.245 e. The molecule has 1 aliphatic heterocycles. The monoisotopic (exact) mass is 364 g/mol. The lowest BCUT2D eigenvalue weighted by molar-refractivity contribution is -0.135. The zero-order valence-corrected chi connectivity index (χ0v) is 15.9. The molecule has 0 fully saturated rings. The predicted molar refractivity (Wildman–Crippen MR) is 102 cm³/mol. The SMILES string of the molecule is CC(C)c1nccn1[C@H](C)C(=O)N1CCc2nc(-c3cccnc3)[nH]c2C1. The minimum Gasteiger partial charge on any atom is -0.340 e. The number of rotatable bonds is 4. The van der Waals surface area contributed by atoms with E-state index >= 15 is 0 Å². The summed E-state index contributed by atoms with van der Waals surface area (Å²) in [6.45, 7) is 7.36. The summed E-state index contributed by atoms with van der Waals surface area (Å²) in [5.74, 6) is 2.14. The molecule has 3 aromatic rings. The van der Waals surface area contributed by atoms with Gasteiger partial charge in [-0.2, -0.15) is 0 Å². The number of amides is 1. The molecule has 1 N–H and O–H groups in total. The van der Waals surface area contributed by atoms with E-state index in [9.17, 15) is 4.79 Å². The summed E-state index contributed by atoms with van der Waals surface area (Å²) in [6.07, 6.45) is 7.95. The summed E-state index contributed by atoms with van der Waals surface area (Å²) in [7, 11) is 0. The summed E-state index contributed by atoms with van der Waals surface area (Å²) in [5.41, 5.74) is 3.00. The Kier molecular flexibility index (Phi) is 4.51. The molecule has 1 atom stereocenters. The number of pyridine rings is 1. The van der Waals surface area contributed by atoms with Crippen LogP contribution in [-0.4, -0.2) is 41.9 Å². The molecule has 0 saturated heterocycles. The van der Waals surface area contributed by atoms with Crippen LogP contribution in [0.1, 0.15) is 49.9 Å². The number of hydrogen-bond donors (Lipinski definition) is 1. The molecular weight excluding hydrogens is 340 g/mol. The van der Waals surface area contributed by atoms with Crippen molar-refractivity contribution in [2.45, 2.75) is 45.7 Å². The third-order valence-corrected chi connectivity index (χ3v) is 5.07. The highest BCUT2D eigenvalue weighted by atomic mass is 16.2. The van der Waals surface area contributed by atoms with Crippen LogP contribution in [0.15, 0.2) is 36.9 Å². The van der Waals surface area contributed by atoms with Gasteiger partial charge in [0.05, 0.1) is 17.9 Å². The Morgan fingerprint density at radius 3 is 2.85 bits per heavy atom. The van der Waals surface area contributed by atoms with Crippen molar-refractivity contribution >= 4 is 5.91 Å². The first-order valence-electron chi connectivity index (χ1n) is 9.34. The molecule has 27 heavy (non-hydrogen) atoms. The highest BCUT2D eigenvalue weighted by molar-refractivity contribution is 5.80. The standard InChI is InChI=1S/C20H24N6O/c1-13(2)19-22-8-10-26(19)14(3)20(27)25-9-6-16-17(12-25)24-18(23-16)15-5-4-7-21-11-15/h4-5,7-8,10-11,13-14H,6,9,12H2,1-3H3,(H,23,24)/t14-/m1/s1. The number of carbonyl (C=O) groups is 1. The van der Waals surface area contributed by atoms with Gasteiger partial charge in [-0.25, -0.2) is 9.97 Å². The van der Waals surface area contributed by atoms with Crippen molar-refractivity contribution in [3.05, 3.63) is 54.1 Å². The van der Waals surface area contributed by atoms with Crippen LogP contribution in [0.5, 0.6) is 0 Å². The first kappa shape index (κ1) is 17.5. The van der Waals surface area contributed by atoms with Crippen LogP contribution in [0.25, 0.3) is 11.4 Å². The first-order valence-corrected chi connectivity index (χ1v) is 9.34. The van der Waals surface area contributed by atoms with Gasteiger partial charge in [0.15, 0.2) is 0 Å². The first-order chi connectivity index (χ1) is 13.0. The van der Waals surface area contributed by atoms with E-state index in [1.54, 1.807) is 18.6 Å². The van der Waals surface area contributed by atoms with E-state index in [0.717, 1.165) is 35.0 Å². The average molecular weight is 364 g/mol. The molecule has 3 aromatic heterocycles. The number of H-pyrrole nitrogens is 1. The van der Waals surface area contributed by atoms with E-state index in [2.05, 4.69) is 28.8 Å². The largest absolute Gasteiger partial charge is 0.340 e. The van der Waals surface area contributed by atoms with E-state index in [-0.39, 0.29) is 17.9 Å². The van der Waals surface area contributed by atoms with Gasteiger partial charge in [-0.05, 0) is 19.1 Å². The highest BCUT2D eigenvalue weighted by Crippen LogP contribution is 2.25. The Balaban J connectivity index is 1.53. The molecule has 0 aliphatic carbocycles. The topological polar surface area (TPSA) is 79.7 Å². The molecule has 1 aliphatic rings. The van der Waals surface area contributed by atoms with Crippen LogP contribution in [0, 0.1) is 0 Å². The van der Waals surface area contributed by atoms with Crippen molar-refractivity contribution in [1.82, 2.24) is 29.4 Å². The van der Waals surface area contributed by atoms with Crippen molar-refractivity contribution in [3.8, 4) is 11.4 Å². The third kappa shape index (κ3) is 3.25. The maximum Gasteiger partial charge on any atom is 0.245 e. The number of hydrogen-bond acceptors (Lipinski definition) is 4. The minimum atomic E-state index is -0.271. The van der Waals surface area contributed by atoms with E-state index in [1.165, 1.54) is 0 Å². The zero-order valence-electron chi connectivity index (χ0n) is 15.9. The van der Waals surface area contributed by atoms with Crippen LogP contribution in [0.3, 0.4) is 0 Å². The van der Waals surface area contributed by atoms with Crippen LogP contribution in [0.2, 0.25) is 0 Å². The molecular formula is C20H24N6O. The lowest BCUT2D eigenvalue weighted by atomic mass is 10.1. The van der Waals surface area contributed by atoms with Gasteiger partial charge in [0.2, 0.25) is 5.91 Å². The van der Waals surface area contributed by atoms with Gasteiger partial charge in [0.1, 0.15) is 17.7 Å². The maximum absolute atomic E-state index is 13.1. The van der Waals surface area contributed by atoms with Crippen molar-refractivity contribution in [3.63, 3.8) is 0 Å². The molecule has 0 aromatic carbocycles. The Labute approximate surface area is 158 Å². The Bertz CT molecular complexity index is 943. The Morgan fingerprint density at radius 2 is 2.11 bits per heavy atom. The van der Waals surface area contributed by atoms with E-state index in [4.69, 9.17) is 4.98 Å². The van der Waals surface area contributed by atoms with Gasteiger partial charge < -0.3 is 14.5 Å². The fourth-order valence-corrected chi connectivity index (χ4v) is 3.60. The molecule has 7 heteroatoms. The van der Waals surface area contributed by atoms with Crippen molar-refractivity contribution in [2.24, 2.45) is 0 Å². The number of aromatic amines is 1. The number of fused-ring (bicyclic) bond motifs is 1. The zero-order chi connectivity index (χ0) is 19.0. The summed E-state index contributed by atoms with van der Waals surface area (Å²) >= 11 is 0. The van der Waals surface area contributed by atoms with E-state index in [1.807, 2.05) is 34.7 Å². The van der Waals surface area contributed by atoms with Gasteiger partial charge in [-0.1, -0.05) is 13.8 Å². The second kappa shape index (κ2) is 6.98. The molecule has 1 amide bonds. The molecule has 7 nitrogen and oxygen atoms in total. The summed E-state index contributed by atoms with van der Waals surface area (Å²) in [5, 5.41) is 0. The normalized spacial score (nSPS) is 15.0. The van der Waals surface area contributed by atoms with Crippen molar-refractivity contribution in [2.75, 3.05) is 6.54 Å². The van der Waals surface area contributed by atoms with Crippen LogP contribution >= 0.6 is 0 Å². The average Bonchev–Trinajstić information content (AvgIpc) is 3.34. The second-order valence-corrected chi connectivity index (χ2v) is 7.29. The van der Waals surface area contributed by atoms with E-state index < -0.39 is 0 Å². The van der Waals surface area contributed by atoms with Crippen molar-refractivity contribution in [1.29, 1.82) is 0 Å². The number of aromatic nitrogens is 5. The maximum atomic E-state index is 13.1. The fourth-order valence-electron chi connectivity index (χ4n) is 3.60. The third-order valence-electron chi connectivity index (χ3n) is 5.07. The number of carbonyl (C=O) groups excluding carboxylic acids is 1. The lowest BCUT2D eigenvalue weighted by Crippen LogP contribution is -2.40. The quantitative estimate of drug-likeness (QED) is 0.772. The fraction of sp³-hybridized carbons (Fsp3) is 0.400. The molecule has 4 heterocycles. The summed E-state index contributed by atoms with van der Waals surface area (Å²) < 4.78 is 1.98. The number of nitrogens with one attached hydrogen (secondary N) is 1. The van der Waals surface area contributed by atoms with Crippen LogP contribution in [-0.2, 0) is 17.8 Å². The molecule has 0 radical (unpaired) electrons. The lowest BCUT2D eigenvalue weighted by Gasteiger charge is -2.29. The van der Waals surface area contributed by atoms with E-state index in [0.29, 0.717) is 13.1 Å². The molecule has 0 spiro atoms. The molecule has 140 valence electrons. The summed E-state index contributed by atoms with van der Waals surface area (Å²) in [6, 6.07) is 3.60. The van der Waals surface area contributed by atoms with Gasteiger partial charge in [0.25, 0.3) is 0 Å². The van der Waals surface area contributed by atoms with Gasteiger partial charge in [0, 0.05) is 49.2 Å². The number of imidazole rings is 2. The van der Waals surface area contributed by atoms with Gasteiger partial charge >= 0.3 is 0 Å². The number of nitrogens with zero attached hydrogens (tertiary/aromatic N) is 5. The molecule has 4 rings (SSSR count).